The quantitative estimate of drug-likeness (QED) is 0.201. The molecule has 0 bridgehead atoms. The molecule has 1 aromatic carbocycles. The number of carbonyl (C=O) groups excluding carboxylic acids is 1. The van der Waals surface area contributed by atoms with E-state index in [-0.39, 0.29) is 11.5 Å². The lowest BCUT2D eigenvalue weighted by molar-refractivity contribution is 0.0674. The molecule has 0 fully saturated rings. The summed E-state index contributed by atoms with van der Waals surface area (Å²) >= 11 is 0. The summed E-state index contributed by atoms with van der Waals surface area (Å²) in [7, 11) is 1.61. The van der Waals surface area contributed by atoms with Gasteiger partial charge in [-0.3, -0.25) is 19.8 Å². The molecule has 1 amide bonds. The van der Waals surface area contributed by atoms with Crippen LogP contribution in [-0.4, -0.2) is 37.0 Å². The molecular weight excluding hydrogens is 556 g/mol. The van der Waals surface area contributed by atoms with Crippen molar-refractivity contribution in [1.82, 2.24) is 5.32 Å². The van der Waals surface area contributed by atoms with Crippen molar-refractivity contribution in [2.75, 3.05) is 7.05 Å². The first-order chi connectivity index (χ1) is 20.8. The van der Waals surface area contributed by atoms with Crippen molar-refractivity contribution in [1.29, 1.82) is 5.26 Å². The smallest absolute Gasteiger partial charge is 0.270 e. The van der Waals surface area contributed by atoms with Crippen LogP contribution in [0.5, 0.6) is 0 Å². The van der Waals surface area contributed by atoms with Gasteiger partial charge >= 0.3 is 0 Å². The molecule has 0 aromatic heterocycles. The number of nitriles is 1. The second-order valence-electron chi connectivity index (χ2n) is 9.45. The van der Waals surface area contributed by atoms with E-state index in [0.29, 0.717) is 11.3 Å². The fraction of sp³-hybridized carbons (Fsp3) is 0.306. The molecule has 232 valence electrons. The molecule has 0 saturated heterocycles. The molecule has 1 aromatic rings. The van der Waals surface area contributed by atoms with E-state index in [1.54, 1.807) is 70.0 Å². The lowest BCUT2D eigenvalue weighted by Gasteiger charge is -2.10. The highest BCUT2D eigenvalue weighted by Gasteiger charge is 2.25. The molecule has 6 nitrogen and oxygen atoms in total. The van der Waals surface area contributed by atoms with E-state index in [1.165, 1.54) is 12.2 Å². The van der Waals surface area contributed by atoms with Gasteiger partial charge in [0.25, 0.3) is 11.8 Å². The maximum absolute atomic E-state index is 12.8. The predicted molar refractivity (Wildman–Crippen MR) is 181 cm³/mol. The van der Waals surface area contributed by atoms with E-state index in [1.807, 2.05) is 58.9 Å². The maximum Gasteiger partial charge on any atom is 0.270 e. The molecule has 0 atom stereocenters. The molecular formula is C36H43F2N5O. The van der Waals surface area contributed by atoms with Crippen LogP contribution in [0.25, 0.3) is 0 Å². The highest BCUT2D eigenvalue weighted by molar-refractivity contribution is 6.29. The number of halogens is 2. The third kappa shape index (κ3) is 17.1. The van der Waals surface area contributed by atoms with E-state index in [4.69, 9.17) is 5.26 Å². The second kappa shape index (κ2) is 21.7. The van der Waals surface area contributed by atoms with Gasteiger partial charge in [0.05, 0.1) is 5.71 Å². The van der Waals surface area contributed by atoms with Crippen LogP contribution >= 0.6 is 0 Å². The van der Waals surface area contributed by atoms with Gasteiger partial charge in [0.15, 0.2) is 0 Å². The van der Waals surface area contributed by atoms with Crippen LogP contribution in [0.15, 0.2) is 104 Å². The van der Waals surface area contributed by atoms with Gasteiger partial charge < -0.3 is 5.32 Å². The largest absolute Gasteiger partial charge is 0.355 e. The van der Waals surface area contributed by atoms with Gasteiger partial charge in [-0.05, 0) is 72.6 Å². The zero-order valence-electron chi connectivity index (χ0n) is 27.2. The van der Waals surface area contributed by atoms with Gasteiger partial charge in [-0.25, -0.2) is 8.78 Å². The maximum atomic E-state index is 12.8. The summed E-state index contributed by atoms with van der Waals surface area (Å²) < 4.78 is 25.6. The fourth-order valence-electron chi connectivity index (χ4n) is 3.09. The van der Waals surface area contributed by atoms with Crippen molar-refractivity contribution in [2.24, 2.45) is 15.0 Å². The molecule has 0 spiro atoms. The number of benzene rings is 1. The van der Waals surface area contributed by atoms with Gasteiger partial charge in [-0.1, -0.05) is 59.9 Å². The zero-order valence-corrected chi connectivity index (χ0v) is 27.2. The number of nitrogens with one attached hydrogen (secondary N) is 1. The summed E-state index contributed by atoms with van der Waals surface area (Å²) in [5, 5.41) is 10.8. The Hall–Kier alpha value is -4.95. The van der Waals surface area contributed by atoms with E-state index < -0.39 is 5.92 Å². The van der Waals surface area contributed by atoms with Crippen LogP contribution in [0.4, 0.5) is 8.78 Å². The summed E-state index contributed by atoms with van der Waals surface area (Å²) in [6.07, 6.45) is 17.7. The number of hydrogen-bond donors (Lipinski definition) is 1. The van der Waals surface area contributed by atoms with Crippen LogP contribution in [0.3, 0.4) is 0 Å². The van der Waals surface area contributed by atoms with Crippen molar-refractivity contribution in [3.05, 3.63) is 106 Å². The molecule has 8 heteroatoms. The second-order valence-corrected chi connectivity index (χ2v) is 9.45. The number of allylic oxidation sites excluding steroid dienone is 10. The first kappa shape index (κ1) is 39.1. The van der Waals surface area contributed by atoms with E-state index in [2.05, 4.69) is 32.1 Å². The molecule has 1 aliphatic rings. The van der Waals surface area contributed by atoms with Crippen molar-refractivity contribution < 1.29 is 13.6 Å². The molecule has 1 aliphatic carbocycles. The number of hydrogen-bond acceptors (Lipinski definition) is 5. The normalized spacial score (nSPS) is 13.9. The average molecular weight is 600 g/mol. The van der Waals surface area contributed by atoms with Crippen LogP contribution in [0.1, 0.15) is 76.4 Å². The third-order valence-corrected chi connectivity index (χ3v) is 5.50. The number of aliphatic imine (C=N–C) groups is 3. The van der Waals surface area contributed by atoms with E-state index in [9.17, 15) is 13.6 Å². The third-order valence-electron chi connectivity index (χ3n) is 5.50. The molecule has 0 aliphatic heterocycles. The number of alkyl halides is 2. The number of aryl methyl sites for hydroxylation is 1. The Kier molecular flexibility index (Phi) is 19.3. The molecule has 0 heterocycles. The Labute approximate surface area is 261 Å². The lowest BCUT2D eigenvalue weighted by atomic mass is 10.0. The van der Waals surface area contributed by atoms with Crippen LogP contribution in [-0.2, 0) is 0 Å². The van der Waals surface area contributed by atoms with Crippen molar-refractivity contribution in [2.45, 2.75) is 67.7 Å². The first-order valence-electron chi connectivity index (χ1n) is 14.0. The van der Waals surface area contributed by atoms with Gasteiger partial charge in [-0.2, -0.15) is 5.26 Å². The number of rotatable bonds is 6. The first-order valence-corrected chi connectivity index (χ1v) is 14.0. The minimum atomic E-state index is -2.73. The molecule has 2 rings (SSSR count). The predicted octanol–water partition coefficient (Wildman–Crippen LogP) is 8.65. The molecule has 0 unspecified atom stereocenters. The highest BCUT2D eigenvalue weighted by Crippen LogP contribution is 2.27. The summed E-state index contributed by atoms with van der Waals surface area (Å²) in [6.45, 7) is 14.0. The number of amides is 1. The fourth-order valence-corrected chi connectivity index (χ4v) is 3.09. The van der Waals surface area contributed by atoms with E-state index in [0.717, 1.165) is 41.3 Å². The number of nitrogens with zero attached hydrogens (tertiary/aromatic N) is 4. The van der Waals surface area contributed by atoms with Crippen molar-refractivity contribution in [3.63, 3.8) is 0 Å². The van der Waals surface area contributed by atoms with Gasteiger partial charge in [0.1, 0.15) is 11.8 Å². The van der Waals surface area contributed by atoms with Crippen LogP contribution in [0, 0.1) is 30.1 Å². The van der Waals surface area contributed by atoms with Gasteiger partial charge in [-0.15, -0.1) is 0 Å². The minimum Gasteiger partial charge on any atom is -0.355 e. The zero-order chi connectivity index (χ0) is 33.5. The van der Waals surface area contributed by atoms with Gasteiger partial charge in [0, 0.05) is 61.1 Å². The standard InChI is InChI=1S/C20H23N3O.C10H12F2.C6H8N2/c1-6-11-22-14-17(4)23-13-15(2)7-9-18-12-19(20(24)21-5)10-8-16(18)3;1-8-5-3-4-6-9(7-8)10(2,11)12;1-3-6(5-7)8-4-2/h6,8,10-14H,1-5H3,(H,21,24);4-7H,3H2,1-2H3;3-4H,1-2H3/b11-6-,15-13+,22-14?,23-17?;;6-3-,8-4?. The Morgan fingerprint density at radius 2 is 1.86 bits per heavy atom. The van der Waals surface area contributed by atoms with Crippen molar-refractivity contribution >= 4 is 24.0 Å². The number of carbonyl (C=O) groups is 1. The van der Waals surface area contributed by atoms with Crippen LogP contribution in [0.2, 0.25) is 0 Å². The minimum absolute atomic E-state index is 0.0914. The lowest BCUT2D eigenvalue weighted by Crippen LogP contribution is -2.17. The Morgan fingerprint density at radius 3 is 2.41 bits per heavy atom. The van der Waals surface area contributed by atoms with Crippen molar-refractivity contribution in [3.8, 4) is 17.9 Å². The summed E-state index contributed by atoms with van der Waals surface area (Å²) in [6, 6.07) is 7.40. The molecule has 44 heavy (non-hydrogen) atoms. The summed E-state index contributed by atoms with van der Waals surface area (Å²) in [5.41, 5.74) is 5.55. The highest BCUT2D eigenvalue weighted by atomic mass is 19.3. The summed E-state index contributed by atoms with van der Waals surface area (Å²) in [5.74, 6) is 3.31. The molecule has 0 saturated carbocycles. The topological polar surface area (TPSA) is 90.0 Å². The Morgan fingerprint density at radius 1 is 1.16 bits per heavy atom. The molecule has 0 radical (unpaired) electrons. The Bertz CT molecular complexity index is 1490. The molecule has 1 N–H and O–H groups in total. The monoisotopic (exact) mass is 599 g/mol. The Balaban J connectivity index is 0.000000761. The van der Waals surface area contributed by atoms with Crippen LogP contribution < -0.4 is 5.32 Å². The SMILES string of the molecule is C/C=C\N=CC(C)=N/C=C(\C)C#Cc1cc(C(=O)NC)ccc1C.CC1=CCC=CC(C(C)(F)F)=C1.CC=N/C(C#N)=C\C. The van der Waals surface area contributed by atoms with E-state index >= 15 is 0 Å². The summed E-state index contributed by atoms with van der Waals surface area (Å²) in [4.78, 5) is 23.8. The van der Waals surface area contributed by atoms with Gasteiger partial charge in [0.2, 0.25) is 0 Å². The average Bonchev–Trinajstić information content (AvgIpc) is 3.23.